The summed E-state index contributed by atoms with van der Waals surface area (Å²) in [6.45, 7) is 1.59. The van der Waals surface area contributed by atoms with Crippen molar-refractivity contribution in [2.75, 3.05) is 7.11 Å². The highest BCUT2D eigenvalue weighted by atomic mass is 16.5. The SMILES string of the molecule is COc1ccc(-c2ccc(CCC(=O)O[C@@H](C)C(=O)NC3CC3)o2)cc1. The molecule has 0 bridgehead atoms. The van der Waals surface area contributed by atoms with E-state index in [9.17, 15) is 9.59 Å². The summed E-state index contributed by atoms with van der Waals surface area (Å²) in [5.41, 5.74) is 0.935. The van der Waals surface area contributed by atoms with Crippen molar-refractivity contribution in [3.8, 4) is 17.1 Å². The van der Waals surface area contributed by atoms with Gasteiger partial charge in [0.05, 0.1) is 13.5 Å². The minimum absolute atomic E-state index is 0.163. The Morgan fingerprint density at radius 3 is 2.58 bits per heavy atom. The molecule has 0 spiro atoms. The zero-order chi connectivity index (χ0) is 18.5. The van der Waals surface area contributed by atoms with Gasteiger partial charge in [0, 0.05) is 18.0 Å². The van der Waals surface area contributed by atoms with Crippen molar-refractivity contribution in [3.63, 3.8) is 0 Å². The lowest BCUT2D eigenvalue weighted by atomic mass is 10.2. The summed E-state index contributed by atoms with van der Waals surface area (Å²) in [6.07, 6.45) is 1.82. The molecule has 138 valence electrons. The largest absolute Gasteiger partial charge is 0.497 e. The fourth-order valence-electron chi connectivity index (χ4n) is 2.50. The molecule has 1 aromatic carbocycles. The molecule has 2 aromatic rings. The summed E-state index contributed by atoms with van der Waals surface area (Å²) in [7, 11) is 1.62. The average Bonchev–Trinajstić information content (AvgIpc) is 3.33. The van der Waals surface area contributed by atoms with Crippen LogP contribution < -0.4 is 10.1 Å². The van der Waals surface area contributed by atoms with Gasteiger partial charge in [-0.05, 0) is 56.2 Å². The van der Waals surface area contributed by atoms with Crippen LogP contribution in [0.2, 0.25) is 0 Å². The van der Waals surface area contributed by atoms with E-state index in [1.165, 1.54) is 0 Å². The molecule has 26 heavy (non-hydrogen) atoms. The zero-order valence-corrected chi connectivity index (χ0v) is 15.0. The van der Waals surface area contributed by atoms with Crippen molar-refractivity contribution in [2.24, 2.45) is 0 Å². The summed E-state index contributed by atoms with van der Waals surface area (Å²) in [5.74, 6) is 1.56. The van der Waals surface area contributed by atoms with Gasteiger partial charge in [0.25, 0.3) is 5.91 Å². The molecule has 0 aliphatic heterocycles. The Morgan fingerprint density at radius 1 is 1.19 bits per heavy atom. The van der Waals surface area contributed by atoms with Crippen LogP contribution in [0.15, 0.2) is 40.8 Å². The van der Waals surface area contributed by atoms with Gasteiger partial charge in [-0.25, -0.2) is 0 Å². The van der Waals surface area contributed by atoms with Gasteiger partial charge in [0.15, 0.2) is 6.10 Å². The highest BCUT2D eigenvalue weighted by Crippen LogP contribution is 2.25. The summed E-state index contributed by atoms with van der Waals surface area (Å²) in [6, 6.07) is 11.5. The van der Waals surface area contributed by atoms with Gasteiger partial charge in [0.2, 0.25) is 0 Å². The molecule has 1 heterocycles. The number of aryl methyl sites for hydroxylation is 1. The number of hydrogen-bond donors (Lipinski definition) is 1. The molecule has 1 N–H and O–H groups in total. The van der Waals surface area contributed by atoms with Crippen LogP contribution >= 0.6 is 0 Å². The number of esters is 1. The van der Waals surface area contributed by atoms with E-state index in [0.717, 1.165) is 29.9 Å². The van der Waals surface area contributed by atoms with E-state index in [1.54, 1.807) is 14.0 Å². The topological polar surface area (TPSA) is 77.8 Å². The molecule has 1 aliphatic rings. The Balaban J connectivity index is 1.47. The molecule has 1 atom stereocenters. The van der Waals surface area contributed by atoms with Crippen LogP contribution in [0.25, 0.3) is 11.3 Å². The normalized spacial score (nSPS) is 14.5. The molecule has 1 aromatic heterocycles. The molecule has 1 fully saturated rings. The van der Waals surface area contributed by atoms with Crippen molar-refractivity contribution in [1.82, 2.24) is 5.32 Å². The van der Waals surface area contributed by atoms with Gasteiger partial charge < -0.3 is 19.2 Å². The Morgan fingerprint density at radius 2 is 1.92 bits per heavy atom. The first-order chi connectivity index (χ1) is 12.5. The van der Waals surface area contributed by atoms with E-state index >= 15 is 0 Å². The Bertz CT molecular complexity index is 761. The predicted octanol–water partition coefficient (Wildman–Crippen LogP) is 3.10. The van der Waals surface area contributed by atoms with Gasteiger partial charge in [-0.2, -0.15) is 0 Å². The maximum atomic E-state index is 11.9. The first-order valence-electron chi connectivity index (χ1n) is 8.78. The van der Waals surface area contributed by atoms with E-state index in [2.05, 4.69) is 5.32 Å². The first kappa shape index (κ1) is 18.0. The molecule has 1 amide bonds. The lowest BCUT2D eigenvalue weighted by Crippen LogP contribution is -2.37. The summed E-state index contributed by atoms with van der Waals surface area (Å²) in [4.78, 5) is 23.7. The monoisotopic (exact) mass is 357 g/mol. The second kappa shape index (κ2) is 8.08. The van der Waals surface area contributed by atoms with Crippen LogP contribution in [0.5, 0.6) is 5.75 Å². The summed E-state index contributed by atoms with van der Waals surface area (Å²) < 4.78 is 16.1. The third-order valence-electron chi connectivity index (χ3n) is 4.21. The van der Waals surface area contributed by atoms with Gasteiger partial charge in [-0.1, -0.05) is 0 Å². The van der Waals surface area contributed by atoms with Crippen molar-refractivity contribution in [1.29, 1.82) is 0 Å². The second-order valence-electron chi connectivity index (χ2n) is 6.41. The third-order valence-corrected chi connectivity index (χ3v) is 4.21. The average molecular weight is 357 g/mol. The van der Waals surface area contributed by atoms with Gasteiger partial charge >= 0.3 is 5.97 Å². The van der Waals surface area contributed by atoms with Crippen molar-refractivity contribution in [3.05, 3.63) is 42.2 Å². The Hall–Kier alpha value is -2.76. The molecule has 1 aliphatic carbocycles. The van der Waals surface area contributed by atoms with Crippen LogP contribution in [-0.2, 0) is 20.7 Å². The minimum atomic E-state index is -0.769. The number of amides is 1. The van der Waals surface area contributed by atoms with Crippen molar-refractivity contribution < 1.29 is 23.5 Å². The number of ether oxygens (including phenoxy) is 2. The maximum Gasteiger partial charge on any atom is 0.307 e. The molecule has 6 nitrogen and oxygen atoms in total. The smallest absolute Gasteiger partial charge is 0.307 e. The van der Waals surface area contributed by atoms with Crippen molar-refractivity contribution >= 4 is 11.9 Å². The number of nitrogens with one attached hydrogen (secondary N) is 1. The molecule has 1 saturated carbocycles. The molecule has 6 heteroatoms. The first-order valence-corrected chi connectivity index (χ1v) is 8.78. The summed E-state index contributed by atoms with van der Waals surface area (Å²) in [5, 5.41) is 2.82. The van der Waals surface area contributed by atoms with Crippen LogP contribution in [0.4, 0.5) is 0 Å². The van der Waals surface area contributed by atoms with E-state index in [1.807, 2.05) is 36.4 Å². The lowest BCUT2D eigenvalue weighted by Gasteiger charge is -2.12. The molecular formula is C20H23NO5. The van der Waals surface area contributed by atoms with Crippen LogP contribution in [0.1, 0.15) is 31.9 Å². The number of rotatable bonds is 8. The number of hydrogen-bond acceptors (Lipinski definition) is 5. The third kappa shape index (κ3) is 4.88. The number of methoxy groups -OCH3 is 1. The second-order valence-corrected chi connectivity index (χ2v) is 6.41. The van der Waals surface area contributed by atoms with Gasteiger partial charge in [-0.3, -0.25) is 9.59 Å². The van der Waals surface area contributed by atoms with Crippen LogP contribution in [0.3, 0.4) is 0 Å². The minimum Gasteiger partial charge on any atom is -0.497 e. The highest BCUT2D eigenvalue weighted by Gasteiger charge is 2.27. The van der Waals surface area contributed by atoms with Crippen molar-refractivity contribution in [2.45, 2.75) is 44.8 Å². The lowest BCUT2D eigenvalue weighted by molar-refractivity contribution is -0.154. The fourth-order valence-corrected chi connectivity index (χ4v) is 2.50. The number of benzene rings is 1. The van der Waals surface area contributed by atoms with E-state index in [4.69, 9.17) is 13.9 Å². The highest BCUT2D eigenvalue weighted by molar-refractivity contribution is 5.83. The molecule has 0 saturated heterocycles. The number of carbonyl (C=O) groups is 2. The van der Waals surface area contributed by atoms with Gasteiger partial charge in [0.1, 0.15) is 17.3 Å². The Labute approximate surface area is 152 Å². The predicted molar refractivity (Wildman–Crippen MR) is 95.7 cm³/mol. The zero-order valence-electron chi connectivity index (χ0n) is 15.0. The fraction of sp³-hybridized carbons (Fsp3) is 0.400. The number of furan rings is 1. The Kier molecular flexibility index (Phi) is 5.61. The molecule has 0 unspecified atom stereocenters. The van der Waals surface area contributed by atoms with Gasteiger partial charge in [-0.15, -0.1) is 0 Å². The van der Waals surface area contributed by atoms with Crippen LogP contribution in [-0.4, -0.2) is 31.1 Å². The number of carbonyl (C=O) groups excluding carboxylic acids is 2. The maximum absolute atomic E-state index is 11.9. The van der Waals surface area contributed by atoms with Crippen LogP contribution in [0, 0.1) is 0 Å². The quantitative estimate of drug-likeness (QED) is 0.735. The molecular weight excluding hydrogens is 334 g/mol. The van der Waals surface area contributed by atoms with E-state index < -0.39 is 12.1 Å². The van der Waals surface area contributed by atoms with E-state index in [-0.39, 0.29) is 18.4 Å². The standard InChI is InChI=1S/C20H23NO5/c1-13(20(23)21-15-5-6-15)25-19(22)12-10-17-9-11-18(26-17)14-3-7-16(24-2)8-4-14/h3-4,7-9,11,13,15H,5-6,10,12H2,1-2H3,(H,21,23)/t13-/m0/s1. The molecule has 3 rings (SSSR count). The van der Waals surface area contributed by atoms with E-state index in [0.29, 0.717) is 12.2 Å². The summed E-state index contributed by atoms with van der Waals surface area (Å²) >= 11 is 0. The molecule has 0 radical (unpaired) electrons.